The second kappa shape index (κ2) is 12.5. The SMILES string of the molecule is CCOc1cc(/C=C2/C(=N)N3N=C(c4ccc(C)cc4)SC3=NC2=O)cc(I)c1OCCOc1cc(C)ccc1C. The lowest BCUT2D eigenvalue weighted by Gasteiger charge is -2.20. The number of nitrogens with one attached hydrogen (secondary N) is 1. The van der Waals surface area contributed by atoms with Crippen molar-refractivity contribution in [2.24, 2.45) is 10.1 Å². The number of fused-ring (bicyclic) bond motifs is 1. The zero-order chi connectivity index (χ0) is 29.1. The zero-order valence-corrected chi connectivity index (χ0v) is 26.1. The number of hydrogen-bond acceptors (Lipinski definition) is 7. The Labute approximate surface area is 257 Å². The number of amides is 1. The molecule has 3 aromatic carbocycles. The van der Waals surface area contributed by atoms with E-state index < -0.39 is 5.91 Å². The van der Waals surface area contributed by atoms with Crippen LogP contribution >= 0.6 is 34.4 Å². The fraction of sp³-hybridized carbons (Fsp3) is 0.226. The highest BCUT2D eigenvalue weighted by Gasteiger charge is 2.36. The molecule has 2 aliphatic heterocycles. The maximum absolute atomic E-state index is 13.0. The fourth-order valence-corrected chi connectivity index (χ4v) is 5.88. The highest BCUT2D eigenvalue weighted by Crippen LogP contribution is 2.36. The number of thioether (sulfide) groups is 1. The quantitative estimate of drug-likeness (QED) is 0.153. The number of nitrogens with zero attached hydrogens (tertiary/aromatic N) is 3. The molecule has 1 N–H and O–H groups in total. The number of ether oxygens (including phenoxy) is 3. The molecule has 0 saturated carbocycles. The van der Waals surface area contributed by atoms with Crippen LogP contribution in [0.25, 0.3) is 6.08 Å². The van der Waals surface area contributed by atoms with Crippen LogP contribution in [-0.4, -0.2) is 46.8 Å². The third-order valence-corrected chi connectivity index (χ3v) is 8.09. The van der Waals surface area contributed by atoms with Gasteiger partial charge in [0, 0.05) is 5.56 Å². The Morgan fingerprint density at radius 2 is 1.68 bits per heavy atom. The average molecular weight is 681 g/mol. The first-order chi connectivity index (χ1) is 19.7. The molecule has 0 bridgehead atoms. The summed E-state index contributed by atoms with van der Waals surface area (Å²) in [6, 6.07) is 17.7. The molecular formula is C31H29IN4O4S. The van der Waals surface area contributed by atoms with Gasteiger partial charge in [0.05, 0.1) is 15.8 Å². The number of aryl methyl sites for hydroxylation is 3. The van der Waals surface area contributed by atoms with E-state index in [0.717, 1.165) is 31.6 Å². The number of carbonyl (C=O) groups is 1. The minimum Gasteiger partial charge on any atom is -0.490 e. The monoisotopic (exact) mass is 680 g/mol. The molecule has 1 amide bonds. The topological polar surface area (TPSA) is 96.6 Å². The summed E-state index contributed by atoms with van der Waals surface area (Å²) in [5.74, 6) is 1.49. The molecular weight excluding hydrogens is 651 g/mol. The Morgan fingerprint density at radius 1 is 0.951 bits per heavy atom. The van der Waals surface area contributed by atoms with Gasteiger partial charge in [-0.3, -0.25) is 10.2 Å². The van der Waals surface area contributed by atoms with E-state index in [4.69, 9.17) is 19.6 Å². The van der Waals surface area contributed by atoms with Gasteiger partial charge in [-0.2, -0.15) is 15.1 Å². The van der Waals surface area contributed by atoms with Gasteiger partial charge in [0.25, 0.3) is 5.91 Å². The molecule has 10 heteroatoms. The van der Waals surface area contributed by atoms with Crippen molar-refractivity contribution in [2.75, 3.05) is 19.8 Å². The predicted molar refractivity (Wildman–Crippen MR) is 173 cm³/mol. The smallest absolute Gasteiger partial charge is 0.283 e. The first-order valence-corrected chi connectivity index (χ1v) is 15.0. The molecule has 41 heavy (non-hydrogen) atoms. The van der Waals surface area contributed by atoms with Crippen LogP contribution in [0.4, 0.5) is 0 Å². The first-order valence-electron chi connectivity index (χ1n) is 13.1. The van der Waals surface area contributed by atoms with Gasteiger partial charge >= 0.3 is 0 Å². The van der Waals surface area contributed by atoms with E-state index in [1.807, 2.05) is 70.2 Å². The van der Waals surface area contributed by atoms with Crippen molar-refractivity contribution >= 4 is 62.4 Å². The number of halogens is 1. The van der Waals surface area contributed by atoms with E-state index >= 15 is 0 Å². The van der Waals surface area contributed by atoms with Crippen LogP contribution in [0.2, 0.25) is 0 Å². The number of rotatable bonds is 9. The Hall–Kier alpha value is -3.64. The normalized spacial score (nSPS) is 15.5. The standard InChI is InChI=1S/C31H29IN4O4S/c1-5-38-26-17-21(16-24(32)27(26)40-13-12-39-25-14-19(3)6-9-20(25)4)15-23-28(33)36-31(34-29(23)37)41-30(35-36)22-10-7-18(2)8-11-22/h6-11,14-17,33H,5,12-13H2,1-4H3/b23-15-,33-28?. The van der Waals surface area contributed by atoms with Crippen LogP contribution in [0.5, 0.6) is 17.2 Å². The van der Waals surface area contributed by atoms with Gasteiger partial charge in [-0.05, 0) is 103 Å². The number of hydrazone groups is 1. The minimum atomic E-state index is -0.481. The molecule has 2 heterocycles. The number of amidine groups is 2. The van der Waals surface area contributed by atoms with Gasteiger partial charge in [-0.25, -0.2) is 0 Å². The van der Waals surface area contributed by atoms with Gasteiger partial charge in [0.1, 0.15) is 24.0 Å². The van der Waals surface area contributed by atoms with E-state index in [9.17, 15) is 4.79 Å². The molecule has 0 unspecified atom stereocenters. The average Bonchev–Trinajstić information content (AvgIpc) is 3.36. The summed E-state index contributed by atoms with van der Waals surface area (Å²) in [4.78, 5) is 17.2. The molecule has 3 aromatic rings. The summed E-state index contributed by atoms with van der Waals surface area (Å²) in [6.45, 7) is 9.11. The second-order valence-electron chi connectivity index (χ2n) is 9.52. The third-order valence-electron chi connectivity index (χ3n) is 6.33. The first kappa shape index (κ1) is 28.9. The van der Waals surface area contributed by atoms with Crippen molar-refractivity contribution in [1.29, 1.82) is 5.41 Å². The molecule has 0 fully saturated rings. The van der Waals surface area contributed by atoms with Gasteiger partial charge in [0.15, 0.2) is 17.3 Å². The molecule has 0 aliphatic carbocycles. The predicted octanol–water partition coefficient (Wildman–Crippen LogP) is 6.74. The fourth-order valence-electron chi connectivity index (χ4n) is 4.20. The van der Waals surface area contributed by atoms with Crippen molar-refractivity contribution in [3.05, 3.63) is 91.6 Å². The van der Waals surface area contributed by atoms with Crippen LogP contribution in [0.3, 0.4) is 0 Å². The van der Waals surface area contributed by atoms with Crippen LogP contribution in [0.1, 0.15) is 34.7 Å². The van der Waals surface area contributed by atoms with Crippen LogP contribution < -0.4 is 14.2 Å². The summed E-state index contributed by atoms with van der Waals surface area (Å²) in [7, 11) is 0. The lowest BCUT2D eigenvalue weighted by atomic mass is 10.1. The Kier molecular flexibility index (Phi) is 8.79. The van der Waals surface area contributed by atoms with Crippen LogP contribution in [0, 0.1) is 29.8 Å². The molecule has 0 saturated heterocycles. The molecule has 2 aliphatic rings. The molecule has 5 rings (SSSR count). The number of benzene rings is 3. The lowest BCUT2D eigenvalue weighted by molar-refractivity contribution is -0.114. The van der Waals surface area contributed by atoms with E-state index in [0.29, 0.717) is 47.1 Å². The van der Waals surface area contributed by atoms with Crippen molar-refractivity contribution in [2.45, 2.75) is 27.7 Å². The van der Waals surface area contributed by atoms with Gasteiger partial charge in [-0.1, -0.05) is 42.0 Å². The Bertz CT molecular complexity index is 1620. The third kappa shape index (κ3) is 6.48. The summed E-state index contributed by atoms with van der Waals surface area (Å²) < 4.78 is 18.7. The van der Waals surface area contributed by atoms with E-state index in [1.54, 1.807) is 12.1 Å². The minimum absolute atomic E-state index is 0.0218. The Morgan fingerprint density at radius 3 is 2.44 bits per heavy atom. The Balaban J connectivity index is 1.34. The van der Waals surface area contributed by atoms with Crippen molar-refractivity contribution in [1.82, 2.24) is 5.01 Å². The van der Waals surface area contributed by atoms with Crippen LogP contribution in [-0.2, 0) is 4.79 Å². The largest absolute Gasteiger partial charge is 0.490 e. The summed E-state index contributed by atoms with van der Waals surface area (Å²) in [5.41, 5.74) is 5.10. The molecule has 8 nitrogen and oxygen atoms in total. The lowest BCUT2D eigenvalue weighted by Crippen LogP contribution is -2.35. The summed E-state index contributed by atoms with van der Waals surface area (Å²) in [6.07, 6.45) is 1.65. The molecule has 0 atom stereocenters. The maximum Gasteiger partial charge on any atom is 0.283 e. The molecule has 0 radical (unpaired) electrons. The molecule has 210 valence electrons. The second-order valence-corrected chi connectivity index (χ2v) is 11.6. The number of hydrogen-bond donors (Lipinski definition) is 1. The number of aliphatic imine (C=N–C) groups is 1. The summed E-state index contributed by atoms with van der Waals surface area (Å²) in [5, 5.41) is 15.8. The maximum atomic E-state index is 13.0. The zero-order valence-electron chi connectivity index (χ0n) is 23.2. The highest BCUT2D eigenvalue weighted by molar-refractivity contribution is 14.1. The van der Waals surface area contributed by atoms with E-state index in [2.05, 4.69) is 38.8 Å². The van der Waals surface area contributed by atoms with E-state index in [1.165, 1.54) is 16.8 Å². The molecule has 0 aromatic heterocycles. The summed E-state index contributed by atoms with van der Waals surface area (Å²) >= 11 is 3.47. The van der Waals surface area contributed by atoms with Crippen molar-refractivity contribution in [3.63, 3.8) is 0 Å². The van der Waals surface area contributed by atoms with Crippen molar-refractivity contribution in [3.8, 4) is 17.2 Å². The van der Waals surface area contributed by atoms with Gasteiger partial charge in [-0.15, -0.1) is 0 Å². The van der Waals surface area contributed by atoms with E-state index in [-0.39, 0.29) is 11.4 Å². The number of carbonyl (C=O) groups excluding carboxylic acids is 1. The van der Waals surface area contributed by atoms with Crippen molar-refractivity contribution < 1.29 is 19.0 Å². The van der Waals surface area contributed by atoms with Crippen LogP contribution in [0.15, 0.2) is 70.3 Å². The van der Waals surface area contributed by atoms with Gasteiger partial charge < -0.3 is 14.2 Å². The highest BCUT2D eigenvalue weighted by atomic mass is 127. The van der Waals surface area contributed by atoms with Gasteiger partial charge in [0.2, 0.25) is 5.17 Å². The molecule has 0 spiro atoms.